The molecule has 0 saturated heterocycles. The molecule has 0 aliphatic carbocycles. The van der Waals surface area contributed by atoms with Crippen LogP contribution in [0.4, 0.5) is 0 Å². The Labute approximate surface area is 120 Å². The van der Waals surface area contributed by atoms with Gasteiger partial charge in [0.05, 0.1) is 19.1 Å². The maximum absolute atomic E-state index is 12.1. The van der Waals surface area contributed by atoms with Crippen molar-refractivity contribution in [2.75, 3.05) is 34.0 Å². The third-order valence-corrected chi connectivity index (χ3v) is 4.09. The molecule has 0 heterocycles. The quantitative estimate of drug-likeness (QED) is 0.698. The molecule has 0 radical (unpaired) electrons. The van der Waals surface area contributed by atoms with Crippen molar-refractivity contribution in [3.8, 4) is 11.5 Å². The summed E-state index contributed by atoms with van der Waals surface area (Å²) >= 11 is 0. The molecule has 0 aromatic heterocycles. The van der Waals surface area contributed by atoms with Gasteiger partial charge in [0.2, 0.25) is 10.0 Å². The van der Waals surface area contributed by atoms with E-state index in [1.807, 2.05) is 6.92 Å². The zero-order valence-electron chi connectivity index (χ0n) is 12.0. The van der Waals surface area contributed by atoms with Crippen LogP contribution in [0.2, 0.25) is 0 Å². The summed E-state index contributed by atoms with van der Waals surface area (Å²) in [4.78, 5) is 0.145. The first-order valence-corrected chi connectivity index (χ1v) is 7.83. The van der Waals surface area contributed by atoms with Crippen LogP contribution in [0.15, 0.2) is 23.1 Å². The van der Waals surface area contributed by atoms with E-state index in [-0.39, 0.29) is 4.90 Å². The standard InChI is InChI=1S/C13H21NO5S/c1-4-19-9-5-8-14-20(15,16)11-6-7-12(17-2)13(10-11)18-3/h6-7,10,14H,4-5,8-9H2,1-3H3. The summed E-state index contributed by atoms with van der Waals surface area (Å²) in [7, 11) is -0.586. The first kappa shape index (κ1) is 16.7. The minimum absolute atomic E-state index is 0.145. The molecule has 0 unspecified atom stereocenters. The average molecular weight is 303 g/mol. The smallest absolute Gasteiger partial charge is 0.240 e. The number of hydrogen-bond acceptors (Lipinski definition) is 5. The third kappa shape index (κ3) is 4.66. The van der Waals surface area contributed by atoms with Gasteiger partial charge in [0, 0.05) is 25.8 Å². The van der Waals surface area contributed by atoms with Gasteiger partial charge in [0.25, 0.3) is 0 Å². The van der Waals surface area contributed by atoms with Crippen LogP contribution in [0, 0.1) is 0 Å². The van der Waals surface area contributed by atoms with Crippen molar-refractivity contribution in [2.45, 2.75) is 18.2 Å². The average Bonchev–Trinajstić information content (AvgIpc) is 2.46. The van der Waals surface area contributed by atoms with E-state index in [4.69, 9.17) is 14.2 Å². The lowest BCUT2D eigenvalue weighted by molar-refractivity contribution is 0.146. The van der Waals surface area contributed by atoms with E-state index in [0.29, 0.717) is 37.7 Å². The fourth-order valence-electron chi connectivity index (χ4n) is 1.59. The third-order valence-electron chi connectivity index (χ3n) is 2.63. The normalized spacial score (nSPS) is 11.3. The van der Waals surface area contributed by atoms with Crippen LogP contribution < -0.4 is 14.2 Å². The molecule has 7 heteroatoms. The molecule has 0 aliphatic heterocycles. The van der Waals surface area contributed by atoms with Crippen LogP contribution in [0.1, 0.15) is 13.3 Å². The summed E-state index contributed by atoms with van der Waals surface area (Å²) < 4.78 is 42.0. The van der Waals surface area contributed by atoms with Crippen LogP contribution in [0.5, 0.6) is 11.5 Å². The van der Waals surface area contributed by atoms with Crippen LogP contribution in [-0.4, -0.2) is 42.4 Å². The van der Waals surface area contributed by atoms with Gasteiger partial charge in [-0.3, -0.25) is 0 Å². The Hall–Kier alpha value is -1.31. The van der Waals surface area contributed by atoms with Crippen molar-refractivity contribution in [1.29, 1.82) is 0 Å². The minimum atomic E-state index is -3.55. The second-order valence-electron chi connectivity index (χ2n) is 3.97. The number of methoxy groups -OCH3 is 2. The molecule has 1 N–H and O–H groups in total. The summed E-state index contributed by atoms with van der Waals surface area (Å²) in [5.41, 5.74) is 0. The van der Waals surface area contributed by atoms with Gasteiger partial charge in [-0.1, -0.05) is 0 Å². The molecule has 0 amide bonds. The Morgan fingerprint density at radius 1 is 1.15 bits per heavy atom. The summed E-state index contributed by atoms with van der Waals surface area (Å²) in [5, 5.41) is 0. The Morgan fingerprint density at radius 2 is 1.85 bits per heavy atom. The van der Waals surface area contributed by atoms with E-state index in [9.17, 15) is 8.42 Å². The first-order valence-electron chi connectivity index (χ1n) is 6.34. The van der Waals surface area contributed by atoms with Crippen LogP contribution in [-0.2, 0) is 14.8 Å². The largest absolute Gasteiger partial charge is 0.493 e. The molecule has 6 nitrogen and oxygen atoms in total. The zero-order chi connectivity index (χ0) is 15.0. The van der Waals surface area contributed by atoms with Gasteiger partial charge in [-0.05, 0) is 25.5 Å². The SMILES string of the molecule is CCOCCCNS(=O)(=O)c1ccc(OC)c(OC)c1. The summed E-state index contributed by atoms with van der Waals surface area (Å²) in [5.74, 6) is 0.868. The molecule has 0 spiro atoms. The Kier molecular flexibility index (Phi) is 6.77. The second-order valence-corrected chi connectivity index (χ2v) is 5.73. The van der Waals surface area contributed by atoms with E-state index in [1.54, 1.807) is 6.07 Å². The number of rotatable bonds is 9. The van der Waals surface area contributed by atoms with Crippen molar-refractivity contribution in [3.05, 3.63) is 18.2 Å². The number of benzene rings is 1. The van der Waals surface area contributed by atoms with Crippen LogP contribution >= 0.6 is 0 Å². The molecule has 20 heavy (non-hydrogen) atoms. The molecule has 1 rings (SSSR count). The second kappa shape index (κ2) is 8.08. The molecule has 0 fully saturated rings. The Balaban J connectivity index is 2.72. The number of ether oxygens (including phenoxy) is 3. The first-order chi connectivity index (χ1) is 9.55. The molecule has 0 saturated carbocycles. The topological polar surface area (TPSA) is 73.9 Å². The van der Waals surface area contributed by atoms with Crippen molar-refractivity contribution >= 4 is 10.0 Å². The predicted octanol–water partition coefficient (Wildman–Crippen LogP) is 1.41. The fraction of sp³-hybridized carbons (Fsp3) is 0.538. The lowest BCUT2D eigenvalue weighted by Gasteiger charge is -2.11. The highest BCUT2D eigenvalue weighted by Gasteiger charge is 2.16. The maximum Gasteiger partial charge on any atom is 0.240 e. The molecule has 114 valence electrons. The van der Waals surface area contributed by atoms with Crippen molar-refractivity contribution in [2.24, 2.45) is 0 Å². The number of nitrogens with one attached hydrogen (secondary N) is 1. The molecule has 0 aliphatic rings. The lowest BCUT2D eigenvalue weighted by Crippen LogP contribution is -2.25. The number of hydrogen-bond donors (Lipinski definition) is 1. The number of sulfonamides is 1. The molecule has 1 aromatic carbocycles. The van der Waals surface area contributed by atoms with Crippen LogP contribution in [0.3, 0.4) is 0 Å². The van der Waals surface area contributed by atoms with Gasteiger partial charge in [0.15, 0.2) is 11.5 Å². The van der Waals surface area contributed by atoms with Gasteiger partial charge in [-0.2, -0.15) is 0 Å². The zero-order valence-corrected chi connectivity index (χ0v) is 12.8. The van der Waals surface area contributed by atoms with E-state index in [1.165, 1.54) is 26.4 Å². The van der Waals surface area contributed by atoms with Gasteiger partial charge in [-0.25, -0.2) is 13.1 Å². The van der Waals surface area contributed by atoms with Crippen molar-refractivity contribution in [3.63, 3.8) is 0 Å². The van der Waals surface area contributed by atoms with Gasteiger partial charge in [0.1, 0.15) is 0 Å². The highest BCUT2D eigenvalue weighted by atomic mass is 32.2. The van der Waals surface area contributed by atoms with Gasteiger partial charge < -0.3 is 14.2 Å². The fourth-order valence-corrected chi connectivity index (χ4v) is 2.68. The lowest BCUT2D eigenvalue weighted by atomic mass is 10.3. The summed E-state index contributed by atoms with van der Waals surface area (Å²) in [6.07, 6.45) is 0.625. The van der Waals surface area contributed by atoms with E-state index in [2.05, 4.69) is 4.72 Å². The maximum atomic E-state index is 12.1. The Bertz CT molecular complexity index is 515. The Morgan fingerprint density at radius 3 is 2.45 bits per heavy atom. The van der Waals surface area contributed by atoms with E-state index < -0.39 is 10.0 Å². The van der Waals surface area contributed by atoms with E-state index >= 15 is 0 Å². The summed E-state index contributed by atoms with van der Waals surface area (Å²) in [6, 6.07) is 4.48. The molecular weight excluding hydrogens is 282 g/mol. The van der Waals surface area contributed by atoms with Gasteiger partial charge in [-0.15, -0.1) is 0 Å². The monoisotopic (exact) mass is 303 g/mol. The van der Waals surface area contributed by atoms with Crippen molar-refractivity contribution in [1.82, 2.24) is 4.72 Å². The van der Waals surface area contributed by atoms with Crippen molar-refractivity contribution < 1.29 is 22.6 Å². The van der Waals surface area contributed by atoms with Crippen LogP contribution in [0.25, 0.3) is 0 Å². The molecule has 0 atom stereocenters. The molecule has 1 aromatic rings. The predicted molar refractivity (Wildman–Crippen MR) is 75.8 cm³/mol. The highest BCUT2D eigenvalue weighted by molar-refractivity contribution is 7.89. The highest BCUT2D eigenvalue weighted by Crippen LogP contribution is 2.29. The van der Waals surface area contributed by atoms with Gasteiger partial charge >= 0.3 is 0 Å². The molecule has 0 bridgehead atoms. The molecular formula is C13H21NO5S. The minimum Gasteiger partial charge on any atom is -0.493 e. The summed E-state index contributed by atoms with van der Waals surface area (Å²) in [6.45, 7) is 3.39. The van der Waals surface area contributed by atoms with E-state index in [0.717, 1.165) is 0 Å².